The van der Waals surface area contributed by atoms with Crippen molar-refractivity contribution >= 4 is 17.6 Å². The normalized spacial score (nSPS) is 11.2. The number of rotatable bonds is 6. The third kappa shape index (κ3) is 4.08. The van der Waals surface area contributed by atoms with Crippen LogP contribution in [0.2, 0.25) is 0 Å². The number of hydrogen-bond acceptors (Lipinski definition) is 4. The smallest absolute Gasteiger partial charge is 0.303 e. The van der Waals surface area contributed by atoms with Crippen LogP contribution in [-0.2, 0) is 11.8 Å². The van der Waals surface area contributed by atoms with Gasteiger partial charge < -0.3 is 15.0 Å². The average Bonchev–Trinajstić information content (AvgIpc) is 2.68. The molecular formula is C12H17N3O5. The molecule has 20 heavy (non-hydrogen) atoms. The highest BCUT2D eigenvalue weighted by molar-refractivity contribution is 5.94. The van der Waals surface area contributed by atoms with Gasteiger partial charge in [0.05, 0.1) is 11.1 Å². The van der Waals surface area contributed by atoms with Gasteiger partial charge in [-0.15, -0.1) is 0 Å². The fraction of sp³-hybridized carbons (Fsp3) is 0.500. The number of carboxylic acid groups (broad SMARTS) is 1. The van der Waals surface area contributed by atoms with E-state index in [9.17, 15) is 19.7 Å². The maximum atomic E-state index is 12.1. The minimum Gasteiger partial charge on any atom is -0.481 e. The summed E-state index contributed by atoms with van der Waals surface area (Å²) < 4.78 is 1.36. The van der Waals surface area contributed by atoms with E-state index in [1.165, 1.54) is 23.9 Å². The van der Waals surface area contributed by atoms with Crippen LogP contribution < -0.4 is 5.32 Å². The summed E-state index contributed by atoms with van der Waals surface area (Å²) in [6, 6.07) is 1.18. The molecule has 1 amide bonds. The quantitative estimate of drug-likeness (QED) is 0.603. The largest absolute Gasteiger partial charge is 0.481 e. The van der Waals surface area contributed by atoms with E-state index in [2.05, 4.69) is 5.32 Å². The van der Waals surface area contributed by atoms with Crippen LogP contribution in [0.5, 0.6) is 0 Å². The van der Waals surface area contributed by atoms with Crippen LogP contribution in [0.3, 0.4) is 0 Å². The average molecular weight is 283 g/mol. The fourth-order valence-corrected chi connectivity index (χ4v) is 1.73. The molecule has 0 bridgehead atoms. The number of nitro groups is 1. The Bertz CT molecular complexity index is 547. The summed E-state index contributed by atoms with van der Waals surface area (Å²) in [5.41, 5.74) is -0.727. The second-order valence-electron chi connectivity index (χ2n) is 5.18. The second-order valence-corrected chi connectivity index (χ2v) is 5.18. The van der Waals surface area contributed by atoms with Gasteiger partial charge in [0.2, 0.25) is 0 Å². The monoisotopic (exact) mass is 283 g/mol. The second kappa shape index (κ2) is 5.72. The predicted octanol–water partition coefficient (Wildman–Crippen LogP) is 1.31. The Morgan fingerprint density at radius 3 is 2.55 bits per heavy atom. The van der Waals surface area contributed by atoms with Crippen LogP contribution >= 0.6 is 0 Å². The maximum absolute atomic E-state index is 12.1. The molecule has 0 radical (unpaired) electrons. The van der Waals surface area contributed by atoms with Crippen molar-refractivity contribution < 1.29 is 19.6 Å². The zero-order chi connectivity index (χ0) is 15.5. The molecule has 1 aromatic heterocycles. The lowest BCUT2D eigenvalue weighted by atomic mass is 9.98. The van der Waals surface area contributed by atoms with Crippen molar-refractivity contribution in [2.75, 3.05) is 0 Å². The highest BCUT2D eigenvalue weighted by Crippen LogP contribution is 2.17. The van der Waals surface area contributed by atoms with Crippen molar-refractivity contribution in [1.29, 1.82) is 0 Å². The summed E-state index contributed by atoms with van der Waals surface area (Å²) >= 11 is 0. The molecule has 0 saturated heterocycles. The zero-order valence-corrected chi connectivity index (χ0v) is 11.5. The number of nitrogens with one attached hydrogen (secondary N) is 1. The summed E-state index contributed by atoms with van der Waals surface area (Å²) in [6.07, 6.45) is 1.44. The zero-order valence-electron chi connectivity index (χ0n) is 11.5. The van der Waals surface area contributed by atoms with Crippen molar-refractivity contribution in [3.63, 3.8) is 0 Å². The molecular weight excluding hydrogens is 266 g/mol. The van der Waals surface area contributed by atoms with Crippen molar-refractivity contribution in [2.24, 2.45) is 7.05 Å². The minimum absolute atomic E-state index is 0.0689. The van der Waals surface area contributed by atoms with Crippen molar-refractivity contribution in [1.82, 2.24) is 9.88 Å². The lowest BCUT2D eigenvalue weighted by Gasteiger charge is -2.25. The number of amides is 1. The molecule has 0 saturated carbocycles. The SMILES string of the molecule is Cn1cc([N+](=O)[O-])cc1C(=O)NC(C)(C)CCC(=O)O. The van der Waals surface area contributed by atoms with E-state index in [0.29, 0.717) is 0 Å². The first-order valence-corrected chi connectivity index (χ1v) is 5.97. The van der Waals surface area contributed by atoms with E-state index in [1.807, 2.05) is 0 Å². The molecule has 110 valence electrons. The molecule has 1 rings (SSSR count). The van der Waals surface area contributed by atoms with Crippen LogP contribution in [0.4, 0.5) is 5.69 Å². The third-order valence-corrected chi connectivity index (χ3v) is 2.85. The van der Waals surface area contributed by atoms with E-state index in [1.54, 1.807) is 13.8 Å². The molecule has 0 aromatic carbocycles. The van der Waals surface area contributed by atoms with Crippen molar-refractivity contribution in [2.45, 2.75) is 32.2 Å². The summed E-state index contributed by atoms with van der Waals surface area (Å²) in [7, 11) is 1.53. The van der Waals surface area contributed by atoms with Gasteiger partial charge in [-0.05, 0) is 20.3 Å². The molecule has 0 atom stereocenters. The molecule has 0 unspecified atom stereocenters. The number of aromatic nitrogens is 1. The van der Waals surface area contributed by atoms with Gasteiger partial charge in [-0.1, -0.05) is 0 Å². The van der Waals surface area contributed by atoms with E-state index < -0.39 is 22.3 Å². The number of carboxylic acids is 1. The lowest BCUT2D eigenvalue weighted by molar-refractivity contribution is -0.384. The van der Waals surface area contributed by atoms with Gasteiger partial charge in [-0.25, -0.2) is 0 Å². The van der Waals surface area contributed by atoms with Gasteiger partial charge in [-0.2, -0.15) is 0 Å². The molecule has 8 heteroatoms. The predicted molar refractivity (Wildman–Crippen MR) is 70.5 cm³/mol. The van der Waals surface area contributed by atoms with Crippen LogP contribution in [0.1, 0.15) is 37.2 Å². The van der Waals surface area contributed by atoms with Gasteiger partial charge >= 0.3 is 5.97 Å². The third-order valence-electron chi connectivity index (χ3n) is 2.85. The molecule has 0 aliphatic rings. The summed E-state index contributed by atoms with van der Waals surface area (Å²) in [6.45, 7) is 3.40. The van der Waals surface area contributed by atoms with Crippen LogP contribution in [0.25, 0.3) is 0 Å². The Kier molecular flexibility index (Phi) is 4.49. The van der Waals surface area contributed by atoms with E-state index in [0.717, 1.165) is 0 Å². The molecule has 8 nitrogen and oxygen atoms in total. The molecule has 1 heterocycles. The Hall–Kier alpha value is -2.38. The van der Waals surface area contributed by atoms with Crippen LogP contribution in [0, 0.1) is 10.1 Å². The topological polar surface area (TPSA) is 114 Å². The van der Waals surface area contributed by atoms with Gasteiger partial charge in [-0.3, -0.25) is 19.7 Å². The first kappa shape index (κ1) is 15.7. The first-order valence-electron chi connectivity index (χ1n) is 5.97. The molecule has 0 aliphatic carbocycles. The Morgan fingerprint density at radius 1 is 1.50 bits per heavy atom. The summed E-state index contributed by atoms with van der Waals surface area (Å²) in [5.74, 6) is -1.42. The molecule has 0 spiro atoms. The molecule has 1 aromatic rings. The van der Waals surface area contributed by atoms with Gasteiger partial charge in [0, 0.05) is 25.1 Å². The van der Waals surface area contributed by atoms with Crippen molar-refractivity contribution in [3.05, 3.63) is 28.1 Å². The van der Waals surface area contributed by atoms with E-state index >= 15 is 0 Å². The van der Waals surface area contributed by atoms with Gasteiger partial charge in [0.15, 0.2) is 0 Å². The number of aryl methyl sites for hydroxylation is 1. The highest BCUT2D eigenvalue weighted by Gasteiger charge is 2.25. The molecule has 0 fully saturated rings. The number of aliphatic carboxylic acids is 1. The number of nitrogens with zero attached hydrogens (tertiary/aromatic N) is 2. The van der Waals surface area contributed by atoms with Gasteiger partial charge in [0.25, 0.3) is 11.6 Å². The summed E-state index contributed by atoms with van der Waals surface area (Å²) in [5, 5.41) is 22.0. The Morgan fingerprint density at radius 2 is 2.10 bits per heavy atom. The number of carbonyl (C=O) groups excluding carboxylic acids is 1. The number of carbonyl (C=O) groups is 2. The van der Waals surface area contributed by atoms with E-state index in [4.69, 9.17) is 5.11 Å². The fourth-order valence-electron chi connectivity index (χ4n) is 1.73. The maximum Gasteiger partial charge on any atom is 0.303 e. The molecule has 2 N–H and O–H groups in total. The van der Waals surface area contributed by atoms with Crippen molar-refractivity contribution in [3.8, 4) is 0 Å². The standard InChI is InChI=1S/C12H17N3O5/c1-12(2,5-4-10(16)17)13-11(18)9-6-8(15(19)20)7-14(9)3/h6-7H,4-5H2,1-3H3,(H,13,18)(H,16,17). The van der Waals surface area contributed by atoms with Gasteiger partial charge in [0.1, 0.15) is 5.69 Å². The van der Waals surface area contributed by atoms with Crippen LogP contribution in [0.15, 0.2) is 12.3 Å². The van der Waals surface area contributed by atoms with E-state index in [-0.39, 0.29) is 24.2 Å². The summed E-state index contributed by atoms with van der Waals surface area (Å²) in [4.78, 5) is 32.7. The Labute approximate surface area is 115 Å². The molecule has 0 aliphatic heterocycles. The first-order chi connectivity index (χ1) is 9.12. The minimum atomic E-state index is -0.943. The highest BCUT2D eigenvalue weighted by atomic mass is 16.6. The number of hydrogen-bond donors (Lipinski definition) is 2. The lowest BCUT2D eigenvalue weighted by Crippen LogP contribution is -2.44. The van der Waals surface area contributed by atoms with Crippen LogP contribution in [-0.4, -0.2) is 32.0 Å². The Balaban J connectivity index is 2.80.